The van der Waals surface area contributed by atoms with Crippen molar-refractivity contribution in [2.45, 2.75) is 48.1 Å². The van der Waals surface area contributed by atoms with Gasteiger partial charge in [0, 0.05) is 63.6 Å². The number of benzene rings is 3. The van der Waals surface area contributed by atoms with E-state index in [4.69, 9.17) is 16.3 Å². The largest absolute Gasteiger partial charge is 0.444 e. The number of fused-ring (bicyclic) bond motifs is 1. The van der Waals surface area contributed by atoms with Gasteiger partial charge in [0.25, 0.3) is 0 Å². The van der Waals surface area contributed by atoms with Crippen molar-refractivity contribution in [1.29, 1.82) is 0 Å². The molecule has 0 radical (unpaired) electrons. The van der Waals surface area contributed by atoms with Gasteiger partial charge in [-0.05, 0) is 48.9 Å². The zero-order valence-corrected chi connectivity index (χ0v) is 27.5. The van der Waals surface area contributed by atoms with E-state index < -0.39 is 23.0 Å². The van der Waals surface area contributed by atoms with E-state index in [-0.39, 0.29) is 24.8 Å². The molecule has 11 heteroatoms. The molecule has 0 saturated carbocycles. The van der Waals surface area contributed by atoms with Crippen LogP contribution in [0.2, 0.25) is 5.02 Å². The van der Waals surface area contributed by atoms with E-state index in [1.54, 1.807) is 4.90 Å². The first-order valence-corrected chi connectivity index (χ1v) is 16.4. The van der Waals surface area contributed by atoms with Gasteiger partial charge in [-0.2, -0.15) is 0 Å². The number of hydrogen-bond acceptors (Lipinski definition) is 5. The predicted molar refractivity (Wildman–Crippen MR) is 176 cm³/mol. The molecule has 2 aliphatic heterocycles. The molecule has 3 heterocycles. The molecule has 0 aliphatic carbocycles. The van der Waals surface area contributed by atoms with Gasteiger partial charge in [0.2, 0.25) is 11.8 Å². The number of nitrogens with one attached hydrogen (secondary N) is 2. The number of rotatable bonds is 7. The topological polar surface area (TPSA) is 94.7 Å². The molecule has 44 heavy (non-hydrogen) atoms. The third-order valence-corrected chi connectivity index (χ3v) is 10.5. The minimum atomic E-state index is -1.20. The van der Waals surface area contributed by atoms with Crippen LogP contribution in [0.15, 0.2) is 82.3 Å². The second kappa shape index (κ2) is 12.5. The Balaban J connectivity index is 1.48. The minimum Gasteiger partial charge on any atom is -0.444 e. The number of thioether (sulfide) groups is 1. The lowest BCUT2D eigenvalue weighted by Crippen LogP contribution is -2.49. The van der Waals surface area contributed by atoms with Gasteiger partial charge >= 0.3 is 6.09 Å². The SMILES string of the molecule is CNC(=O)O[C@H]1CCN(C(=O)C2(Sc3ccc(C)cc3)CC(=O)N(Cc3ccc(Br)cc3)[C@H]2c2c[nH]c3cc(Cl)ccc23)C1. The summed E-state index contributed by atoms with van der Waals surface area (Å²) >= 11 is 11.3. The Labute approximate surface area is 273 Å². The number of ether oxygens (including phenoxy) is 1. The first-order chi connectivity index (χ1) is 21.2. The Kier molecular flexibility index (Phi) is 8.68. The van der Waals surface area contributed by atoms with Crippen molar-refractivity contribution >= 4 is 68.1 Å². The van der Waals surface area contributed by atoms with Crippen molar-refractivity contribution in [2.75, 3.05) is 20.1 Å². The predicted octanol–water partition coefficient (Wildman–Crippen LogP) is 6.85. The number of hydrogen-bond donors (Lipinski definition) is 2. The Morgan fingerprint density at radius 2 is 1.89 bits per heavy atom. The number of amides is 3. The normalized spacial score (nSPS) is 21.7. The number of H-pyrrole nitrogens is 1. The first-order valence-electron chi connectivity index (χ1n) is 14.4. The molecule has 3 atom stereocenters. The Morgan fingerprint density at radius 3 is 2.61 bits per heavy atom. The number of likely N-dealkylation sites (tertiary alicyclic amines) is 2. The first kappa shape index (κ1) is 30.6. The molecule has 8 nitrogen and oxygen atoms in total. The number of carbonyl (C=O) groups excluding carboxylic acids is 3. The van der Waals surface area contributed by atoms with Gasteiger partial charge in [0.15, 0.2) is 0 Å². The Bertz CT molecular complexity index is 1710. The van der Waals surface area contributed by atoms with E-state index in [1.807, 2.05) is 84.8 Å². The standard InChI is InChI=1S/C33H32BrClN4O4S/c1-20-3-10-25(11-4-20)44-33(31(41)38-14-13-24(19-38)43-32(42)36-2)16-29(40)39(18-21-5-7-22(34)8-6-21)30(33)27-17-37-28-15-23(35)9-12-26(27)28/h3-12,15,17,24,30,37H,13-14,16,18-19H2,1-2H3,(H,36,42)/t24-,30-,33?/m0/s1. The summed E-state index contributed by atoms with van der Waals surface area (Å²) in [6, 6.07) is 20.9. The highest BCUT2D eigenvalue weighted by Gasteiger charge is 2.60. The average Bonchev–Trinajstić information content (AvgIpc) is 3.71. The van der Waals surface area contributed by atoms with Crippen molar-refractivity contribution in [1.82, 2.24) is 20.1 Å². The van der Waals surface area contributed by atoms with Crippen molar-refractivity contribution in [3.8, 4) is 0 Å². The van der Waals surface area contributed by atoms with Crippen molar-refractivity contribution in [3.63, 3.8) is 0 Å². The molecule has 0 spiro atoms. The monoisotopic (exact) mass is 694 g/mol. The number of nitrogens with zero attached hydrogens (tertiary/aromatic N) is 2. The van der Waals surface area contributed by atoms with Gasteiger partial charge in [-0.3, -0.25) is 9.59 Å². The van der Waals surface area contributed by atoms with Gasteiger partial charge in [0.05, 0.1) is 19.0 Å². The molecule has 2 aliphatic rings. The van der Waals surface area contributed by atoms with E-state index in [2.05, 4.69) is 26.2 Å². The van der Waals surface area contributed by atoms with E-state index in [1.165, 1.54) is 18.8 Å². The lowest BCUT2D eigenvalue weighted by molar-refractivity contribution is -0.134. The highest BCUT2D eigenvalue weighted by molar-refractivity contribution is 9.10. The highest BCUT2D eigenvalue weighted by atomic mass is 79.9. The lowest BCUT2D eigenvalue weighted by Gasteiger charge is -2.38. The minimum absolute atomic E-state index is 0.0172. The molecule has 3 aromatic carbocycles. The summed E-state index contributed by atoms with van der Waals surface area (Å²) in [7, 11) is 1.51. The summed E-state index contributed by atoms with van der Waals surface area (Å²) in [5.41, 5.74) is 3.74. The molecule has 228 valence electrons. The highest BCUT2D eigenvalue weighted by Crippen LogP contribution is 2.55. The molecule has 1 aromatic heterocycles. The van der Waals surface area contributed by atoms with E-state index in [0.717, 1.165) is 37.0 Å². The molecule has 2 fully saturated rings. The van der Waals surface area contributed by atoms with Crippen LogP contribution in [0, 0.1) is 6.92 Å². The summed E-state index contributed by atoms with van der Waals surface area (Å²) in [6.07, 6.45) is 1.49. The summed E-state index contributed by atoms with van der Waals surface area (Å²) in [5.74, 6) is -0.252. The molecule has 0 bridgehead atoms. The van der Waals surface area contributed by atoms with Crippen LogP contribution in [0.3, 0.4) is 0 Å². The molecule has 1 unspecified atom stereocenters. The fourth-order valence-corrected chi connectivity index (χ4v) is 8.09. The zero-order valence-electron chi connectivity index (χ0n) is 24.3. The summed E-state index contributed by atoms with van der Waals surface area (Å²) in [4.78, 5) is 48.9. The maximum atomic E-state index is 15.0. The number of alkyl carbamates (subject to hydrolysis) is 1. The Morgan fingerprint density at radius 1 is 1.14 bits per heavy atom. The van der Waals surface area contributed by atoms with Crippen LogP contribution in [0.25, 0.3) is 10.9 Å². The Hall–Kier alpha value is -3.47. The molecular weight excluding hydrogens is 664 g/mol. The number of halogens is 2. The fourth-order valence-electron chi connectivity index (χ4n) is 6.18. The van der Waals surface area contributed by atoms with Crippen LogP contribution in [0.5, 0.6) is 0 Å². The van der Waals surface area contributed by atoms with Crippen LogP contribution in [0.4, 0.5) is 4.79 Å². The van der Waals surface area contributed by atoms with E-state index in [9.17, 15) is 14.4 Å². The second-order valence-electron chi connectivity index (χ2n) is 11.3. The number of carbonyl (C=O) groups is 3. The van der Waals surface area contributed by atoms with Gasteiger partial charge in [-0.15, -0.1) is 11.8 Å². The number of aromatic amines is 1. The second-order valence-corrected chi connectivity index (χ2v) is 14.0. The zero-order chi connectivity index (χ0) is 31.0. The molecule has 2 saturated heterocycles. The van der Waals surface area contributed by atoms with Gasteiger partial charge in [-0.1, -0.05) is 63.4 Å². The summed E-state index contributed by atoms with van der Waals surface area (Å²) < 4.78 is 5.27. The molecule has 3 amide bonds. The van der Waals surface area contributed by atoms with Crippen LogP contribution in [0.1, 0.15) is 35.6 Å². The fraction of sp³-hybridized carbons (Fsp3) is 0.303. The van der Waals surface area contributed by atoms with Crippen LogP contribution in [-0.2, 0) is 20.9 Å². The third kappa shape index (κ3) is 5.95. The third-order valence-electron chi connectivity index (χ3n) is 8.32. The van der Waals surface area contributed by atoms with Gasteiger partial charge in [0.1, 0.15) is 10.9 Å². The maximum Gasteiger partial charge on any atom is 0.407 e. The van der Waals surface area contributed by atoms with Crippen LogP contribution >= 0.6 is 39.3 Å². The average molecular weight is 696 g/mol. The smallest absolute Gasteiger partial charge is 0.407 e. The molecule has 6 rings (SSSR count). The quantitative estimate of drug-likeness (QED) is 0.221. The molecular formula is C33H32BrClN4O4S. The lowest BCUT2D eigenvalue weighted by atomic mass is 9.90. The van der Waals surface area contributed by atoms with Crippen LogP contribution < -0.4 is 5.32 Å². The van der Waals surface area contributed by atoms with Crippen molar-refractivity contribution in [2.24, 2.45) is 0 Å². The summed E-state index contributed by atoms with van der Waals surface area (Å²) in [6.45, 7) is 3.04. The van der Waals surface area contributed by atoms with Gasteiger partial charge < -0.3 is 24.8 Å². The number of aryl methyl sites for hydroxylation is 1. The summed E-state index contributed by atoms with van der Waals surface area (Å²) in [5, 5.41) is 3.98. The molecule has 2 N–H and O–H groups in total. The van der Waals surface area contributed by atoms with Crippen LogP contribution in [-0.4, -0.2) is 63.7 Å². The van der Waals surface area contributed by atoms with Crippen molar-refractivity contribution in [3.05, 3.63) is 99.1 Å². The van der Waals surface area contributed by atoms with Crippen molar-refractivity contribution < 1.29 is 19.1 Å². The van der Waals surface area contributed by atoms with E-state index in [0.29, 0.717) is 24.5 Å². The number of aromatic nitrogens is 1. The maximum absolute atomic E-state index is 15.0. The van der Waals surface area contributed by atoms with E-state index >= 15 is 0 Å². The molecule has 4 aromatic rings. The van der Waals surface area contributed by atoms with Gasteiger partial charge in [-0.25, -0.2) is 4.79 Å².